The van der Waals surface area contributed by atoms with Crippen molar-refractivity contribution in [2.75, 3.05) is 17.7 Å². The number of anilines is 2. The van der Waals surface area contributed by atoms with Crippen LogP contribution < -0.4 is 15.4 Å². The molecule has 0 saturated heterocycles. The van der Waals surface area contributed by atoms with E-state index in [1.807, 2.05) is 0 Å². The van der Waals surface area contributed by atoms with E-state index in [9.17, 15) is 9.59 Å². The van der Waals surface area contributed by atoms with Crippen LogP contribution in [0.1, 0.15) is 13.8 Å². The van der Waals surface area contributed by atoms with Crippen LogP contribution in [0, 0.1) is 5.41 Å². The Morgan fingerprint density at radius 1 is 0.960 bits per heavy atom. The van der Waals surface area contributed by atoms with Gasteiger partial charge in [0.25, 0.3) is 0 Å². The zero-order valence-corrected chi connectivity index (χ0v) is 15.5. The number of rotatable bonds is 5. The molecule has 5 nitrogen and oxygen atoms in total. The van der Waals surface area contributed by atoms with Crippen molar-refractivity contribution in [3.05, 3.63) is 52.5 Å². The molecule has 0 radical (unpaired) electrons. The first-order valence-corrected chi connectivity index (χ1v) is 8.22. The molecular formula is C18H18Cl2N2O3. The molecule has 2 aromatic carbocycles. The minimum absolute atomic E-state index is 0.226. The van der Waals surface area contributed by atoms with Crippen molar-refractivity contribution in [2.45, 2.75) is 13.8 Å². The van der Waals surface area contributed by atoms with Crippen molar-refractivity contribution >= 4 is 46.4 Å². The highest BCUT2D eigenvalue weighted by Crippen LogP contribution is 2.31. The third-order valence-corrected chi connectivity index (χ3v) is 4.50. The van der Waals surface area contributed by atoms with Gasteiger partial charge in [-0.05, 0) is 50.2 Å². The van der Waals surface area contributed by atoms with Crippen LogP contribution in [0.2, 0.25) is 10.0 Å². The molecule has 0 unspecified atom stereocenters. The van der Waals surface area contributed by atoms with Gasteiger partial charge >= 0.3 is 0 Å². The summed E-state index contributed by atoms with van der Waals surface area (Å²) in [6.45, 7) is 3.05. The lowest BCUT2D eigenvalue weighted by Crippen LogP contribution is -2.41. The van der Waals surface area contributed by atoms with Gasteiger partial charge in [0.15, 0.2) is 0 Å². The van der Waals surface area contributed by atoms with Gasteiger partial charge in [-0.3, -0.25) is 9.59 Å². The van der Waals surface area contributed by atoms with Gasteiger partial charge in [-0.15, -0.1) is 0 Å². The number of hydrogen-bond acceptors (Lipinski definition) is 3. The summed E-state index contributed by atoms with van der Waals surface area (Å²) in [7, 11) is 1.56. The quantitative estimate of drug-likeness (QED) is 0.744. The Morgan fingerprint density at radius 2 is 1.56 bits per heavy atom. The Bertz CT molecular complexity index is 789. The fourth-order valence-corrected chi connectivity index (χ4v) is 2.29. The molecule has 0 saturated carbocycles. The van der Waals surface area contributed by atoms with E-state index in [0.29, 0.717) is 22.1 Å². The number of ether oxygens (including phenoxy) is 1. The molecule has 2 N–H and O–H groups in total. The predicted octanol–water partition coefficient (Wildman–Crippen LogP) is 4.61. The zero-order valence-electron chi connectivity index (χ0n) is 14.0. The molecule has 0 aliphatic heterocycles. The lowest BCUT2D eigenvalue weighted by Gasteiger charge is -2.23. The molecule has 2 rings (SSSR count). The highest BCUT2D eigenvalue weighted by atomic mass is 35.5. The normalized spacial score (nSPS) is 10.9. The molecular weight excluding hydrogens is 363 g/mol. The molecule has 132 valence electrons. The Hall–Kier alpha value is -2.24. The highest BCUT2D eigenvalue weighted by Gasteiger charge is 2.36. The summed E-state index contributed by atoms with van der Waals surface area (Å²) in [6.07, 6.45) is 0. The molecule has 0 heterocycles. The van der Waals surface area contributed by atoms with Crippen molar-refractivity contribution in [3.8, 4) is 5.75 Å². The summed E-state index contributed by atoms with van der Waals surface area (Å²) in [5, 5.41) is 5.90. The van der Waals surface area contributed by atoms with Crippen molar-refractivity contribution in [1.82, 2.24) is 0 Å². The fourth-order valence-electron chi connectivity index (χ4n) is 1.94. The maximum Gasteiger partial charge on any atom is 0.239 e. The van der Waals surface area contributed by atoms with Gasteiger partial charge in [0, 0.05) is 5.69 Å². The van der Waals surface area contributed by atoms with Crippen molar-refractivity contribution in [1.29, 1.82) is 0 Å². The minimum Gasteiger partial charge on any atom is -0.497 e. The van der Waals surface area contributed by atoms with Gasteiger partial charge in [0.1, 0.15) is 11.2 Å². The van der Waals surface area contributed by atoms with Gasteiger partial charge in [-0.2, -0.15) is 0 Å². The zero-order chi connectivity index (χ0) is 18.6. The number of amides is 2. The van der Waals surface area contributed by atoms with Crippen LogP contribution in [0.3, 0.4) is 0 Å². The van der Waals surface area contributed by atoms with Crippen molar-refractivity contribution < 1.29 is 14.3 Å². The average molecular weight is 381 g/mol. The number of carbonyl (C=O) groups is 2. The maximum atomic E-state index is 12.5. The van der Waals surface area contributed by atoms with E-state index in [0.717, 1.165) is 0 Å². The largest absolute Gasteiger partial charge is 0.497 e. The molecule has 0 bridgehead atoms. The minimum atomic E-state index is -1.33. The molecule has 0 fully saturated rings. The second-order valence-corrected chi connectivity index (χ2v) is 6.65. The molecule has 25 heavy (non-hydrogen) atoms. The topological polar surface area (TPSA) is 67.4 Å². The van der Waals surface area contributed by atoms with Gasteiger partial charge < -0.3 is 15.4 Å². The number of carbonyl (C=O) groups excluding carboxylic acids is 2. The first-order chi connectivity index (χ1) is 11.8. The molecule has 0 aliphatic carbocycles. The third-order valence-electron chi connectivity index (χ3n) is 3.68. The molecule has 0 aromatic heterocycles. The van der Waals surface area contributed by atoms with E-state index in [1.54, 1.807) is 49.6 Å². The van der Waals surface area contributed by atoms with E-state index in [1.165, 1.54) is 13.8 Å². The first-order valence-electron chi connectivity index (χ1n) is 7.46. The van der Waals surface area contributed by atoms with Crippen molar-refractivity contribution in [2.24, 2.45) is 5.41 Å². The standard InChI is InChI=1S/C18H18Cl2N2O3/c1-18(2,16(23)21-11-7-9-12(25-3)10-8-11)17(24)22-14-6-4-5-13(19)15(14)20/h4-10H,1-3H3,(H,21,23)(H,22,24). The third kappa shape index (κ3) is 4.44. The monoisotopic (exact) mass is 380 g/mol. The van der Waals surface area contributed by atoms with Crippen LogP contribution in [0.15, 0.2) is 42.5 Å². The maximum absolute atomic E-state index is 12.5. The number of benzene rings is 2. The lowest BCUT2D eigenvalue weighted by molar-refractivity contribution is -0.135. The smallest absolute Gasteiger partial charge is 0.239 e. The summed E-state index contributed by atoms with van der Waals surface area (Å²) in [6, 6.07) is 11.7. The van der Waals surface area contributed by atoms with Crippen LogP contribution in [0.25, 0.3) is 0 Å². The van der Waals surface area contributed by atoms with Gasteiger partial charge in [-0.1, -0.05) is 29.3 Å². The summed E-state index contributed by atoms with van der Waals surface area (Å²) in [5.74, 6) is -0.276. The van der Waals surface area contributed by atoms with E-state index < -0.39 is 17.2 Å². The van der Waals surface area contributed by atoms with Crippen LogP contribution in [-0.4, -0.2) is 18.9 Å². The summed E-state index contributed by atoms with van der Waals surface area (Å²) >= 11 is 12.0. The van der Waals surface area contributed by atoms with Crippen LogP contribution >= 0.6 is 23.2 Å². The summed E-state index contributed by atoms with van der Waals surface area (Å²) < 4.78 is 5.07. The van der Waals surface area contributed by atoms with E-state index in [-0.39, 0.29) is 5.02 Å². The number of nitrogens with one attached hydrogen (secondary N) is 2. The summed E-state index contributed by atoms with van der Waals surface area (Å²) in [4.78, 5) is 25.0. The van der Waals surface area contributed by atoms with Crippen LogP contribution in [0.5, 0.6) is 5.75 Å². The SMILES string of the molecule is COc1ccc(NC(=O)C(C)(C)C(=O)Nc2cccc(Cl)c2Cl)cc1. The van der Waals surface area contributed by atoms with Crippen LogP contribution in [-0.2, 0) is 9.59 Å². The van der Waals surface area contributed by atoms with E-state index in [4.69, 9.17) is 27.9 Å². The fraction of sp³-hybridized carbons (Fsp3) is 0.222. The average Bonchev–Trinajstić information content (AvgIpc) is 2.59. The van der Waals surface area contributed by atoms with Gasteiger partial charge in [0.2, 0.25) is 11.8 Å². The molecule has 0 atom stereocenters. The van der Waals surface area contributed by atoms with Crippen LogP contribution in [0.4, 0.5) is 11.4 Å². The Labute approximate surface area is 156 Å². The van der Waals surface area contributed by atoms with Crippen molar-refractivity contribution in [3.63, 3.8) is 0 Å². The molecule has 7 heteroatoms. The molecule has 2 aromatic rings. The van der Waals surface area contributed by atoms with Gasteiger partial charge in [0.05, 0.1) is 22.8 Å². The summed E-state index contributed by atoms with van der Waals surface area (Å²) in [5.41, 5.74) is -0.414. The lowest BCUT2D eigenvalue weighted by atomic mass is 9.90. The number of hydrogen-bond donors (Lipinski definition) is 2. The number of methoxy groups -OCH3 is 1. The second-order valence-electron chi connectivity index (χ2n) is 5.86. The Balaban J connectivity index is 2.11. The Kier molecular flexibility index (Phi) is 5.93. The molecule has 2 amide bonds. The highest BCUT2D eigenvalue weighted by molar-refractivity contribution is 6.44. The number of halogens is 2. The molecule has 0 spiro atoms. The predicted molar refractivity (Wildman–Crippen MR) is 100 cm³/mol. The Morgan fingerprint density at radius 3 is 2.16 bits per heavy atom. The van der Waals surface area contributed by atoms with Gasteiger partial charge in [-0.25, -0.2) is 0 Å². The van der Waals surface area contributed by atoms with E-state index in [2.05, 4.69) is 10.6 Å². The molecule has 0 aliphatic rings. The van der Waals surface area contributed by atoms with E-state index >= 15 is 0 Å². The first kappa shape index (κ1) is 19.1. The second kappa shape index (κ2) is 7.76.